The van der Waals surface area contributed by atoms with Crippen LogP contribution in [0.2, 0.25) is 0 Å². The Kier molecular flexibility index (Phi) is 5.43. The van der Waals surface area contributed by atoms with Crippen molar-refractivity contribution in [3.05, 3.63) is 0 Å². The van der Waals surface area contributed by atoms with E-state index in [0.717, 1.165) is 7.11 Å². The van der Waals surface area contributed by atoms with Gasteiger partial charge in [0, 0.05) is 0 Å². The SMILES string of the molecule is COC(=O)[C@H](CC(N)=O)NC(=O)OC(C)(C)C. The van der Waals surface area contributed by atoms with Crippen molar-refractivity contribution in [2.75, 3.05) is 7.11 Å². The van der Waals surface area contributed by atoms with E-state index in [4.69, 9.17) is 10.5 Å². The maximum absolute atomic E-state index is 11.4. The number of hydrogen-bond acceptors (Lipinski definition) is 5. The summed E-state index contributed by atoms with van der Waals surface area (Å²) in [6, 6.07) is -1.13. The smallest absolute Gasteiger partial charge is 0.408 e. The van der Waals surface area contributed by atoms with Crippen LogP contribution in [-0.4, -0.2) is 36.7 Å². The second-order valence-electron chi connectivity index (χ2n) is 4.39. The molecule has 0 aliphatic carbocycles. The van der Waals surface area contributed by atoms with E-state index in [1.165, 1.54) is 0 Å². The van der Waals surface area contributed by atoms with Crippen LogP contribution in [0.4, 0.5) is 4.79 Å². The summed E-state index contributed by atoms with van der Waals surface area (Å²) in [5.74, 6) is -1.48. The minimum Gasteiger partial charge on any atom is -0.467 e. The molecule has 1 atom stereocenters. The number of nitrogens with two attached hydrogens (primary N) is 1. The molecule has 0 radical (unpaired) electrons. The van der Waals surface area contributed by atoms with Crippen LogP contribution in [0.5, 0.6) is 0 Å². The number of hydrogen-bond donors (Lipinski definition) is 2. The van der Waals surface area contributed by atoms with E-state index in [-0.39, 0.29) is 6.42 Å². The first-order chi connectivity index (χ1) is 7.65. The molecule has 0 fully saturated rings. The number of esters is 1. The first kappa shape index (κ1) is 15.2. The average Bonchev–Trinajstić information content (AvgIpc) is 2.11. The maximum Gasteiger partial charge on any atom is 0.408 e. The van der Waals surface area contributed by atoms with Gasteiger partial charge in [0.1, 0.15) is 11.6 Å². The molecule has 0 aliphatic heterocycles. The molecule has 0 aliphatic rings. The number of methoxy groups -OCH3 is 1. The molecule has 7 heteroatoms. The van der Waals surface area contributed by atoms with Crippen LogP contribution < -0.4 is 11.1 Å². The van der Waals surface area contributed by atoms with Gasteiger partial charge in [-0.15, -0.1) is 0 Å². The number of rotatable bonds is 4. The first-order valence-electron chi connectivity index (χ1n) is 5.01. The quantitative estimate of drug-likeness (QED) is 0.675. The molecular weight excluding hydrogens is 228 g/mol. The van der Waals surface area contributed by atoms with Crippen molar-refractivity contribution >= 4 is 18.0 Å². The molecule has 0 heterocycles. The molecular formula is C10H18N2O5. The molecule has 3 N–H and O–H groups in total. The third-order valence-corrected chi connectivity index (χ3v) is 1.58. The average molecular weight is 246 g/mol. The fourth-order valence-electron chi connectivity index (χ4n) is 0.987. The molecule has 0 bridgehead atoms. The first-order valence-corrected chi connectivity index (χ1v) is 5.01. The Balaban J connectivity index is 4.48. The summed E-state index contributed by atoms with van der Waals surface area (Å²) in [4.78, 5) is 33.3. The van der Waals surface area contributed by atoms with E-state index in [2.05, 4.69) is 10.1 Å². The Morgan fingerprint density at radius 3 is 2.18 bits per heavy atom. The van der Waals surface area contributed by atoms with Crippen LogP contribution in [0, 0.1) is 0 Å². The van der Waals surface area contributed by atoms with Gasteiger partial charge in [-0.2, -0.15) is 0 Å². The maximum atomic E-state index is 11.4. The molecule has 0 aromatic rings. The molecule has 0 saturated carbocycles. The highest BCUT2D eigenvalue weighted by atomic mass is 16.6. The van der Waals surface area contributed by atoms with E-state index in [1.807, 2.05) is 0 Å². The van der Waals surface area contributed by atoms with Crippen molar-refractivity contribution in [3.8, 4) is 0 Å². The Labute approximate surface area is 99.6 Å². The largest absolute Gasteiger partial charge is 0.467 e. The summed E-state index contributed by atoms with van der Waals surface area (Å²) in [7, 11) is 1.15. The second kappa shape index (κ2) is 6.07. The third kappa shape index (κ3) is 7.15. The van der Waals surface area contributed by atoms with Crippen molar-refractivity contribution in [3.63, 3.8) is 0 Å². The topological polar surface area (TPSA) is 108 Å². The zero-order valence-electron chi connectivity index (χ0n) is 10.4. The van der Waals surface area contributed by atoms with Crippen molar-refractivity contribution in [1.82, 2.24) is 5.32 Å². The molecule has 0 spiro atoms. The molecule has 0 aromatic carbocycles. The zero-order valence-corrected chi connectivity index (χ0v) is 10.4. The predicted molar refractivity (Wildman–Crippen MR) is 59.0 cm³/mol. The van der Waals surface area contributed by atoms with Crippen molar-refractivity contribution in [2.24, 2.45) is 5.73 Å². The monoisotopic (exact) mass is 246 g/mol. The third-order valence-electron chi connectivity index (χ3n) is 1.58. The Bertz CT molecular complexity index is 308. The fourth-order valence-corrected chi connectivity index (χ4v) is 0.987. The van der Waals surface area contributed by atoms with Gasteiger partial charge in [0.2, 0.25) is 5.91 Å². The van der Waals surface area contributed by atoms with E-state index in [0.29, 0.717) is 0 Å². The minimum absolute atomic E-state index is 0.341. The van der Waals surface area contributed by atoms with Gasteiger partial charge in [0.05, 0.1) is 13.5 Å². The lowest BCUT2D eigenvalue weighted by Crippen LogP contribution is -2.45. The number of carbonyl (C=O) groups excluding carboxylic acids is 3. The second-order valence-corrected chi connectivity index (χ2v) is 4.39. The van der Waals surface area contributed by atoms with Gasteiger partial charge >= 0.3 is 12.1 Å². The molecule has 0 rings (SSSR count). The summed E-state index contributed by atoms with van der Waals surface area (Å²) in [6.45, 7) is 5.02. The Morgan fingerprint density at radius 2 is 1.82 bits per heavy atom. The standard InChI is InChI=1S/C10H18N2O5/c1-10(2,3)17-9(15)12-6(5-7(11)13)8(14)16-4/h6H,5H2,1-4H3,(H2,11,13)(H,12,15)/t6-/m0/s1. The van der Waals surface area contributed by atoms with E-state index in [1.54, 1.807) is 20.8 Å². The van der Waals surface area contributed by atoms with Gasteiger partial charge in [-0.05, 0) is 20.8 Å². The highest BCUT2D eigenvalue weighted by Crippen LogP contribution is 2.07. The van der Waals surface area contributed by atoms with Gasteiger partial charge in [0.25, 0.3) is 0 Å². The van der Waals surface area contributed by atoms with Crippen molar-refractivity contribution < 1.29 is 23.9 Å². The lowest BCUT2D eigenvalue weighted by Gasteiger charge is -2.22. The van der Waals surface area contributed by atoms with E-state index in [9.17, 15) is 14.4 Å². The summed E-state index contributed by atoms with van der Waals surface area (Å²) >= 11 is 0. The number of carbonyl (C=O) groups is 3. The van der Waals surface area contributed by atoms with Gasteiger partial charge in [0.15, 0.2) is 0 Å². The lowest BCUT2D eigenvalue weighted by molar-refractivity contribution is -0.144. The number of ether oxygens (including phenoxy) is 2. The molecule has 0 saturated heterocycles. The summed E-state index contributed by atoms with van der Waals surface area (Å²) in [5, 5.41) is 2.22. The van der Waals surface area contributed by atoms with Gasteiger partial charge in [-0.3, -0.25) is 4.79 Å². The number of amides is 2. The summed E-state index contributed by atoms with van der Waals surface area (Å²) in [6.07, 6.45) is -1.15. The van der Waals surface area contributed by atoms with Crippen LogP contribution in [0.15, 0.2) is 0 Å². The van der Waals surface area contributed by atoms with Crippen LogP contribution in [0.25, 0.3) is 0 Å². The van der Waals surface area contributed by atoms with Crippen LogP contribution in [0.3, 0.4) is 0 Å². The van der Waals surface area contributed by atoms with Gasteiger partial charge < -0.3 is 20.5 Å². The summed E-state index contributed by atoms with van der Waals surface area (Å²) < 4.78 is 9.36. The number of nitrogens with one attached hydrogen (secondary N) is 1. The Morgan fingerprint density at radius 1 is 1.29 bits per heavy atom. The van der Waals surface area contributed by atoms with Crippen molar-refractivity contribution in [1.29, 1.82) is 0 Å². The molecule has 17 heavy (non-hydrogen) atoms. The molecule has 0 aromatic heterocycles. The van der Waals surface area contributed by atoms with Crippen molar-refractivity contribution in [2.45, 2.75) is 38.8 Å². The lowest BCUT2D eigenvalue weighted by atomic mass is 10.2. The molecule has 0 unspecified atom stereocenters. The summed E-state index contributed by atoms with van der Waals surface area (Å²) in [5.41, 5.74) is 4.25. The van der Waals surface area contributed by atoms with Crippen LogP contribution >= 0.6 is 0 Å². The molecule has 7 nitrogen and oxygen atoms in total. The van der Waals surface area contributed by atoms with Crippen LogP contribution in [-0.2, 0) is 19.1 Å². The van der Waals surface area contributed by atoms with E-state index >= 15 is 0 Å². The zero-order chi connectivity index (χ0) is 13.6. The van der Waals surface area contributed by atoms with Gasteiger partial charge in [-0.25, -0.2) is 9.59 Å². The molecule has 98 valence electrons. The Hall–Kier alpha value is -1.79. The number of alkyl carbamates (subject to hydrolysis) is 1. The number of primary amides is 1. The van der Waals surface area contributed by atoms with E-state index < -0.39 is 29.6 Å². The highest BCUT2D eigenvalue weighted by molar-refractivity contribution is 5.87. The highest BCUT2D eigenvalue weighted by Gasteiger charge is 2.26. The predicted octanol–water partition coefficient (Wildman–Crippen LogP) is -0.0719. The van der Waals surface area contributed by atoms with Crippen LogP contribution in [0.1, 0.15) is 27.2 Å². The normalized spacial score (nSPS) is 12.5. The minimum atomic E-state index is -1.13. The van der Waals surface area contributed by atoms with Gasteiger partial charge in [-0.1, -0.05) is 0 Å². The molecule has 2 amide bonds. The fraction of sp³-hybridized carbons (Fsp3) is 0.700.